The molecule has 1 saturated carbocycles. The second-order valence-corrected chi connectivity index (χ2v) is 11.4. The normalized spacial score (nSPS) is 18.4. The molecule has 1 saturated heterocycles. The summed E-state index contributed by atoms with van der Waals surface area (Å²) in [6.45, 7) is 5.23. The van der Waals surface area contributed by atoms with E-state index in [1.54, 1.807) is 24.0 Å². The number of nitrogens with one attached hydrogen (secondary N) is 3. The van der Waals surface area contributed by atoms with Crippen molar-refractivity contribution in [3.05, 3.63) is 24.3 Å². The van der Waals surface area contributed by atoms with Crippen LogP contribution >= 0.6 is 0 Å². The van der Waals surface area contributed by atoms with Crippen molar-refractivity contribution >= 4 is 33.6 Å². The first-order valence-electron chi connectivity index (χ1n) is 12.8. The number of morpholine rings is 1. The lowest BCUT2D eigenvalue weighted by atomic mass is 9.85. The van der Waals surface area contributed by atoms with Gasteiger partial charge >= 0.3 is 6.09 Å². The maximum absolute atomic E-state index is 13.1. The number of carbonyl (C=O) groups is 3. The number of benzene rings is 1. The average Bonchev–Trinajstić information content (AvgIpc) is 2.87. The highest BCUT2D eigenvalue weighted by Crippen LogP contribution is 2.29. The zero-order valence-corrected chi connectivity index (χ0v) is 22.3. The minimum absolute atomic E-state index is 0.0306. The Hall–Kier alpha value is -2.86. The fraction of sp³-hybridized carbons (Fsp3) is 0.640. The SMILES string of the molecule is CC(=O)NS(=O)(=O)c1ccc(NC[C@H](C)NC(=O)OC(CC2CCCCC2)C(=O)N2CCOCC2)cc1. The lowest BCUT2D eigenvalue weighted by molar-refractivity contribution is -0.145. The van der Waals surface area contributed by atoms with Crippen molar-refractivity contribution in [2.45, 2.75) is 69.4 Å². The summed E-state index contributed by atoms with van der Waals surface area (Å²) in [5.41, 5.74) is 0.640. The molecular weight excluding hydrogens is 500 g/mol. The van der Waals surface area contributed by atoms with Crippen molar-refractivity contribution < 1.29 is 32.3 Å². The van der Waals surface area contributed by atoms with Crippen LogP contribution in [0.25, 0.3) is 0 Å². The quantitative estimate of drug-likeness (QED) is 0.412. The number of alkyl carbamates (subject to hydrolysis) is 1. The summed E-state index contributed by atoms with van der Waals surface area (Å²) in [7, 11) is -3.90. The molecule has 1 heterocycles. The molecule has 1 aliphatic heterocycles. The third-order valence-electron chi connectivity index (χ3n) is 6.54. The van der Waals surface area contributed by atoms with Crippen molar-refractivity contribution in [2.24, 2.45) is 5.92 Å². The lowest BCUT2D eigenvalue weighted by Gasteiger charge is -2.32. The maximum atomic E-state index is 13.1. The number of sulfonamides is 1. The second kappa shape index (κ2) is 13.6. The van der Waals surface area contributed by atoms with Crippen LogP contribution in [0.5, 0.6) is 0 Å². The molecule has 2 fully saturated rings. The van der Waals surface area contributed by atoms with Gasteiger partial charge in [-0.25, -0.2) is 17.9 Å². The molecule has 3 rings (SSSR count). The molecule has 0 bridgehead atoms. The number of nitrogens with zero attached hydrogens (tertiary/aromatic N) is 1. The molecule has 2 atom stereocenters. The molecule has 0 spiro atoms. The first-order valence-corrected chi connectivity index (χ1v) is 14.3. The highest BCUT2D eigenvalue weighted by atomic mass is 32.2. The van der Waals surface area contributed by atoms with Crippen LogP contribution < -0.4 is 15.4 Å². The number of carbonyl (C=O) groups excluding carboxylic acids is 3. The Kier molecular flexibility index (Phi) is 10.6. The van der Waals surface area contributed by atoms with Gasteiger partial charge < -0.3 is 25.0 Å². The van der Waals surface area contributed by atoms with E-state index >= 15 is 0 Å². The Bertz CT molecular complexity index is 1020. The zero-order chi connectivity index (χ0) is 26.8. The molecule has 3 amide bonds. The molecule has 37 heavy (non-hydrogen) atoms. The van der Waals surface area contributed by atoms with Gasteiger partial charge in [-0.15, -0.1) is 0 Å². The number of amides is 3. The molecule has 1 aliphatic carbocycles. The van der Waals surface area contributed by atoms with Gasteiger partial charge in [0.1, 0.15) is 0 Å². The fourth-order valence-corrected chi connectivity index (χ4v) is 5.59. The van der Waals surface area contributed by atoms with E-state index in [9.17, 15) is 22.8 Å². The summed E-state index contributed by atoms with van der Waals surface area (Å²) in [6.07, 6.45) is 4.64. The molecule has 1 aromatic rings. The fourth-order valence-electron chi connectivity index (χ4n) is 4.60. The number of rotatable bonds is 10. The van der Waals surface area contributed by atoms with Crippen molar-refractivity contribution in [3.63, 3.8) is 0 Å². The second-order valence-electron chi connectivity index (χ2n) is 9.68. The third kappa shape index (κ3) is 9.19. The van der Waals surface area contributed by atoms with Gasteiger partial charge in [0.2, 0.25) is 5.91 Å². The molecule has 3 N–H and O–H groups in total. The summed E-state index contributed by atoms with van der Waals surface area (Å²) in [6, 6.07) is 5.58. The number of hydrogen-bond acceptors (Lipinski definition) is 8. The van der Waals surface area contributed by atoms with E-state index in [0.717, 1.165) is 32.6 Å². The summed E-state index contributed by atoms with van der Waals surface area (Å²) < 4.78 is 37.0. The van der Waals surface area contributed by atoms with Crippen molar-refractivity contribution in [1.82, 2.24) is 14.9 Å². The zero-order valence-electron chi connectivity index (χ0n) is 21.5. The topological polar surface area (TPSA) is 143 Å². The van der Waals surface area contributed by atoms with E-state index < -0.39 is 28.1 Å². The molecule has 12 heteroatoms. The highest BCUT2D eigenvalue weighted by Gasteiger charge is 2.32. The predicted molar refractivity (Wildman–Crippen MR) is 137 cm³/mol. The lowest BCUT2D eigenvalue weighted by Crippen LogP contribution is -2.49. The van der Waals surface area contributed by atoms with Gasteiger partial charge in [0, 0.05) is 38.3 Å². The number of ether oxygens (including phenoxy) is 2. The van der Waals surface area contributed by atoms with E-state index in [4.69, 9.17) is 9.47 Å². The van der Waals surface area contributed by atoms with Crippen LogP contribution in [0.2, 0.25) is 0 Å². The number of hydrogen-bond donors (Lipinski definition) is 3. The smallest absolute Gasteiger partial charge is 0.408 e. The molecule has 11 nitrogen and oxygen atoms in total. The first-order chi connectivity index (χ1) is 17.6. The van der Waals surface area contributed by atoms with E-state index in [2.05, 4.69) is 10.6 Å². The van der Waals surface area contributed by atoms with Gasteiger partial charge in [0.25, 0.3) is 15.9 Å². The standard InChI is InChI=1S/C25H38N4O7S/c1-18(17-26-21-8-10-22(11-9-21)37(33,34)28-19(2)30)27-25(32)36-23(16-20-6-4-3-5-7-20)24(31)29-12-14-35-15-13-29/h8-11,18,20,23,26H,3-7,12-17H2,1-2H3,(H,27,32)(H,28,30)/t18-,23?/m0/s1. The minimum Gasteiger partial charge on any atom is -0.436 e. The van der Waals surface area contributed by atoms with E-state index in [1.807, 2.05) is 4.72 Å². The van der Waals surface area contributed by atoms with Crippen molar-refractivity contribution in [1.29, 1.82) is 0 Å². The summed E-state index contributed by atoms with van der Waals surface area (Å²) in [4.78, 5) is 38.6. The summed E-state index contributed by atoms with van der Waals surface area (Å²) in [5.74, 6) is -0.459. The maximum Gasteiger partial charge on any atom is 0.408 e. The molecule has 1 unspecified atom stereocenters. The van der Waals surface area contributed by atoms with Gasteiger partial charge in [0.05, 0.1) is 18.1 Å². The molecule has 2 aliphatic rings. The largest absolute Gasteiger partial charge is 0.436 e. The summed E-state index contributed by atoms with van der Waals surface area (Å²) in [5, 5.41) is 5.89. The Labute approximate surface area is 218 Å². The van der Waals surface area contributed by atoms with Crippen molar-refractivity contribution in [2.75, 3.05) is 38.2 Å². The average molecular weight is 539 g/mol. The van der Waals surface area contributed by atoms with Crippen molar-refractivity contribution in [3.8, 4) is 0 Å². The molecule has 0 radical (unpaired) electrons. The van der Waals surface area contributed by atoms with Crippen LogP contribution in [0.15, 0.2) is 29.2 Å². The van der Waals surface area contributed by atoms with Crippen LogP contribution in [0.3, 0.4) is 0 Å². The van der Waals surface area contributed by atoms with Crippen LogP contribution in [0, 0.1) is 5.92 Å². The first kappa shape index (κ1) is 28.7. The Morgan fingerprint density at radius 2 is 1.73 bits per heavy atom. The third-order valence-corrected chi connectivity index (χ3v) is 7.99. The van der Waals surface area contributed by atoms with Gasteiger partial charge in [-0.2, -0.15) is 0 Å². The highest BCUT2D eigenvalue weighted by molar-refractivity contribution is 7.90. The Morgan fingerprint density at radius 3 is 2.35 bits per heavy atom. The number of anilines is 1. The van der Waals surface area contributed by atoms with Crippen LogP contribution in [-0.2, 0) is 29.1 Å². The van der Waals surface area contributed by atoms with Gasteiger partial charge in [-0.1, -0.05) is 32.1 Å². The Balaban J connectivity index is 1.51. The molecule has 206 valence electrons. The van der Waals surface area contributed by atoms with Crippen LogP contribution in [0.4, 0.5) is 10.5 Å². The predicted octanol–water partition coefficient (Wildman–Crippen LogP) is 2.24. The van der Waals surface area contributed by atoms with Crippen LogP contribution in [-0.4, -0.2) is 76.2 Å². The monoisotopic (exact) mass is 538 g/mol. The van der Waals surface area contributed by atoms with Crippen LogP contribution in [0.1, 0.15) is 52.4 Å². The molecule has 0 aromatic heterocycles. The molecular formula is C25H38N4O7S. The van der Waals surface area contributed by atoms with E-state index in [-0.39, 0.29) is 16.8 Å². The minimum atomic E-state index is -3.90. The Morgan fingerprint density at radius 1 is 1.08 bits per heavy atom. The van der Waals surface area contributed by atoms with E-state index in [1.165, 1.54) is 18.6 Å². The van der Waals surface area contributed by atoms with Gasteiger partial charge in [0.15, 0.2) is 6.10 Å². The molecule has 1 aromatic carbocycles. The summed E-state index contributed by atoms with van der Waals surface area (Å²) >= 11 is 0. The van der Waals surface area contributed by atoms with E-state index in [0.29, 0.717) is 50.9 Å². The van der Waals surface area contributed by atoms with Gasteiger partial charge in [-0.05, 0) is 43.5 Å². The van der Waals surface area contributed by atoms with Gasteiger partial charge in [-0.3, -0.25) is 9.59 Å².